The first-order valence-electron chi connectivity index (χ1n) is 8.33. The predicted octanol–water partition coefficient (Wildman–Crippen LogP) is 4.30. The molecular formula is C20H21N3O. The van der Waals surface area contributed by atoms with E-state index < -0.39 is 0 Å². The number of Topliss-reactive ketones (excluding diaryl/α,β-unsaturated/α-hetero) is 1. The van der Waals surface area contributed by atoms with Gasteiger partial charge in [0.2, 0.25) is 0 Å². The van der Waals surface area contributed by atoms with E-state index in [4.69, 9.17) is 0 Å². The zero-order valence-electron chi connectivity index (χ0n) is 14.0. The summed E-state index contributed by atoms with van der Waals surface area (Å²) in [6.45, 7) is 4.30. The van der Waals surface area contributed by atoms with E-state index in [0.717, 1.165) is 34.8 Å². The van der Waals surface area contributed by atoms with E-state index in [1.54, 1.807) is 6.20 Å². The molecule has 2 N–H and O–H groups in total. The van der Waals surface area contributed by atoms with Crippen molar-refractivity contribution in [2.75, 3.05) is 10.6 Å². The van der Waals surface area contributed by atoms with Gasteiger partial charge >= 0.3 is 0 Å². The summed E-state index contributed by atoms with van der Waals surface area (Å²) < 4.78 is 0. The van der Waals surface area contributed by atoms with Crippen molar-refractivity contribution in [2.24, 2.45) is 5.41 Å². The molecular weight excluding hydrogens is 298 g/mol. The number of carbonyl (C=O) groups is 1. The van der Waals surface area contributed by atoms with Gasteiger partial charge in [0.1, 0.15) is 5.82 Å². The smallest absolute Gasteiger partial charge is 0.163 e. The number of benzene rings is 1. The molecule has 0 amide bonds. The third-order valence-electron chi connectivity index (χ3n) is 4.72. The van der Waals surface area contributed by atoms with E-state index in [0.29, 0.717) is 6.42 Å². The Morgan fingerprint density at radius 3 is 2.67 bits per heavy atom. The van der Waals surface area contributed by atoms with Crippen LogP contribution >= 0.6 is 0 Å². The minimum absolute atomic E-state index is 0.0309. The van der Waals surface area contributed by atoms with Crippen LogP contribution in [0.1, 0.15) is 38.3 Å². The van der Waals surface area contributed by atoms with Crippen molar-refractivity contribution >= 4 is 17.3 Å². The molecule has 0 radical (unpaired) electrons. The van der Waals surface area contributed by atoms with Crippen LogP contribution in [0.3, 0.4) is 0 Å². The lowest BCUT2D eigenvalue weighted by molar-refractivity contribution is -0.118. The molecule has 4 heteroatoms. The van der Waals surface area contributed by atoms with Gasteiger partial charge in [-0.2, -0.15) is 0 Å². The van der Waals surface area contributed by atoms with E-state index in [1.165, 1.54) is 0 Å². The van der Waals surface area contributed by atoms with Gasteiger partial charge in [-0.25, -0.2) is 4.98 Å². The highest BCUT2D eigenvalue weighted by Gasteiger charge is 2.38. The van der Waals surface area contributed by atoms with Crippen LogP contribution in [0.2, 0.25) is 0 Å². The molecule has 0 fully saturated rings. The number of pyridine rings is 1. The van der Waals surface area contributed by atoms with Gasteiger partial charge in [0.25, 0.3) is 0 Å². The third kappa shape index (κ3) is 2.58. The Morgan fingerprint density at radius 1 is 1.08 bits per heavy atom. The first-order valence-corrected chi connectivity index (χ1v) is 8.33. The summed E-state index contributed by atoms with van der Waals surface area (Å²) in [5.41, 5.74) is 3.84. The van der Waals surface area contributed by atoms with Gasteiger partial charge in [-0.1, -0.05) is 44.2 Å². The number of nitrogens with zero attached hydrogens (tertiary/aromatic N) is 1. The minimum atomic E-state index is -0.173. The van der Waals surface area contributed by atoms with Gasteiger partial charge < -0.3 is 10.6 Å². The summed E-state index contributed by atoms with van der Waals surface area (Å²) in [7, 11) is 0. The number of rotatable bonds is 1. The number of hydrogen-bond donors (Lipinski definition) is 2. The maximum absolute atomic E-state index is 13.0. The van der Waals surface area contributed by atoms with Crippen LogP contribution in [0.25, 0.3) is 0 Å². The first-order chi connectivity index (χ1) is 11.5. The molecule has 0 saturated heterocycles. The van der Waals surface area contributed by atoms with Crippen LogP contribution in [0.5, 0.6) is 0 Å². The Morgan fingerprint density at radius 2 is 1.88 bits per heavy atom. The Balaban J connectivity index is 1.89. The summed E-state index contributed by atoms with van der Waals surface area (Å²) in [6.07, 6.45) is 3.20. The standard InChI is InChI=1S/C20H21N3O/c1-20(2)11-15-17(16(24)12-20)18(13-7-4-3-5-8-13)23-19-14(22-15)9-6-10-21-19/h3-10,18,22H,11-12H2,1-2H3,(H,21,23). The zero-order chi connectivity index (χ0) is 16.7. The SMILES string of the molecule is CC1(C)CC(=O)C2=C(C1)Nc1cccnc1NC2c1ccccc1. The molecule has 0 saturated carbocycles. The number of allylic oxidation sites excluding steroid dienone is 1. The number of carbonyl (C=O) groups excluding carboxylic acids is 1. The average Bonchev–Trinajstić information content (AvgIpc) is 2.70. The molecule has 2 heterocycles. The fourth-order valence-corrected chi connectivity index (χ4v) is 3.67. The normalized spacial score (nSPS) is 21.9. The molecule has 2 aliphatic rings. The molecule has 1 aliphatic heterocycles. The summed E-state index contributed by atoms with van der Waals surface area (Å²) in [5.74, 6) is 0.995. The molecule has 1 unspecified atom stereocenters. The highest BCUT2D eigenvalue weighted by molar-refractivity contribution is 6.00. The van der Waals surface area contributed by atoms with Crippen molar-refractivity contribution in [3.05, 3.63) is 65.5 Å². The Kier molecular flexibility index (Phi) is 3.41. The number of hydrogen-bond acceptors (Lipinski definition) is 4. The van der Waals surface area contributed by atoms with Gasteiger partial charge in [-0.05, 0) is 29.5 Å². The summed E-state index contributed by atoms with van der Waals surface area (Å²) in [5, 5.41) is 6.96. The second-order valence-corrected chi connectivity index (χ2v) is 7.35. The highest BCUT2D eigenvalue weighted by atomic mass is 16.1. The molecule has 4 nitrogen and oxygen atoms in total. The lowest BCUT2D eigenvalue weighted by atomic mass is 9.73. The lowest BCUT2D eigenvalue weighted by Gasteiger charge is -2.34. The molecule has 2 aromatic rings. The van der Waals surface area contributed by atoms with Crippen LogP contribution in [0, 0.1) is 5.41 Å². The minimum Gasteiger partial charge on any atom is -0.357 e. The molecule has 24 heavy (non-hydrogen) atoms. The largest absolute Gasteiger partial charge is 0.357 e. The highest BCUT2D eigenvalue weighted by Crippen LogP contribution is 2.44. The Hall–Kier alpha value is -2.62. The Labute approximate surface area is 142 Å². The van der Waals surface area contributed by atoms with E-state index >= 15 is 0 Å². The van der Waals surface area contributed by atoms with Gasteiger partial charge in [-0.3, -0.25) is 4.79 Å². The quantitative estimate of drug-likeness (QED) is 0.822. The number of ketones is 1. The van der Waals surface area contributed by atoms with Crippen LogP contribution in [-0.2, 0) is 4.79 Å². The van der Waals surface area contributed by atoms with Crippen molar-refractivity contribution < 1.29 is 4.79 Å². The van der Waals surface area contributed by atoms with Gasteiger partial charge in [-0.15, -0.1) is 0 Å². The van der Waals surface area contributed by atoms with Crippen molar-refractivity contribution in [1.29, 1.82) is 0 Å². The summed E-state index contributed by atoms with van der Waals surface area (Å²) >= 11 is 0. The molecule has 1 aromatic carbocycles. The fraction of sp³-hybridized carbons (Fsp3) is 0.300. The van der Waals surface area contributed by atoms with Crippen molar-refractivity contribution in [3.8, 4) is 0 Å². The number of anilines is 2. The summed E-state index contributed by atoms with van der Waals surface area (Å²) in [4.78, 5) is 17.4. The average molecular weight is 319 g/mol. The van der Waals surface area contributed by atoms with Crippen LogP contribution in [0.15, 0.2) is 59.9 Å². The molecule has 122 valence electrons. The van der Waals surface area contributed by atoms with Gasteiger partial charge in [0.15, 0.2) is 5.78 Å². The van der Waals surface area contributed by atoms with Gasteiger partial charge in [0, 0.05) is 23.9 Å². The molecule has 4 rings (SSSR count). The number of nitrogens with one attached hydrogen (secondary N) is 2. The maximum Gasteiger partial charge on any atom is 0.163 e. The van der Waals surface area contributed by atoms with E-state index in [1.807, 2.05) is 30.3 Å². The van der Waals surface area contributed by atoms with E-state index in [-0.39, 0.29) is 17.2 Å². The van der Waals surface area contributed by atoms with E-state index in [9.17, 15) is 4.79 Å². The first kappa shape index (κ1) is 14.9. The zero-order valence-corrected chi connectivity index (χ0v) is 14.0. The van der Waals surface area contributed by atoms with Crippen molar-refractivity contribution in [1.82, 2.24) is 4.98 Å². The van der Waals surface area contributed by atoms with Crippen LogP contribution in [-0.4, -0.2) is 10.8 Å². The van der Waals surface area contributed by atoms with E-state index in [2.05, 4.69) is 41.6 Å². The monoisotopic (exact) mass is 319 g/mol. The molecule has 0 spiro atoms. The predicted molar refractivity (Wildman–Crippen MR) is 95.7 cm³/mol. The molecule has 1 aliphatic carbocycles. The Bertz CT molecular complexity index is 824. The van der Waals surface area contributed by atoms with Crippen LogP contribution < -0.4 is 10.6 Å². The maximum atomic E-state index is 13.0. The van der Waals surface area contributed by atoms with Gasteiger partial charge in [0.05, 0.1) is 11.7 Å². The topological polar surface area (TPSA) is 54.0 Å². The second-order valence-electron chi connectivity index (χ2n) is 7.35. The number of fused-ring (bicyclic) bond motifs is 1. The molecule has 1 atom stereocenters. The lowest BCUT2D eigenvalue weighted by Crippen LogP contribution is -2.31. The van der Waals surface area contributed by atoms with Crippen LogP contribution in [0.4, 0.5) is 11.5 Å². The molecule has 0 bridgehead atoms. The van der Waals surface area contributed by atoms with Crippen molar-refractivity contribution in [3.63, 3.8) is 0 Å². The second kappa shape index (κ2) is 5.48. The third-order valence-corrected chi connectivity index (χ3v) is 4.72. The van der Waals surface area contributed by atoms with Crippen molar-refractivity contribution in [2.45, 2.75) is 32.7 Å². The summed E-state index contributed by atoms with van der Waals surface area (Å²) in [6, 6.07) is 13.9. The fourth-order valence-electron chi connectivity index (χ4n) is 3.67. The number of aromatic nitrogens is 1. The molecule has 1 aromatic heterocycles.